The summed E-state index contributed by atoms with van der Waals surface area (Å²) in [5, 5.41) is 4.31. The molecule has 1 aromatic carbocycles. The van der Waals surface area contributed by atoms with Gasteiger partial charge in [0, 0.05) is 24.7 Å². The van der Waals surface area contributed by atoms with Crippen LogP contribution in [0.5, 0.6) is 6.01 Å². The van der Waals surface area contributed by atoms with E-state index in [4.69, 9.17) is 4.74 Å². The fraction of sp³-hybridized carbons (Fsp3) is 0.450. The van der Waals surface area contributed by atoms with Gasteiger partial charge < -0.3 is 4.74 Å². The Morgan fingerprint density at radius 3 is 2.73 bits per heavy atom. The normalized spacial score (nSPS) is 19.3. The van der Waals surface area contributed by atoms with Gasteiger partial charge >= 0.3 is 6.01 Å². The topological polar surface area (TPSA) is 55.6 Å². The standard InChI is InChI=1S/C20H25N5O/c1-14(2)18-11-22-25-13-21-20(23-19(18)25)26-17-9-10-24(12-17)15(3)16-7-5-4-6-8-16/h4-8,11,13-15,17H,9-10,12H2,1-3H3/t15-,17?/m0/s1. The molecule has 1 aliphatic rings. The first-order valence-electron chi connectivity index (χ1n) is 9.27. The molecule has 0 saturated carbocycles. The number of aromatic nitrogens is 4. The zero-order valence-electron chi connectivity index (χ0n) is 15.5. The van der Waals surface area contributed by atoms with Gasteiger partial charge in [0.25, 0.3) is 0 Å². The minimum absolute atomic E-state index is 0.119. The first kappa shape index (κ1) is 17.0. The molecular formula is C20H25N5O. The molecule has 1 unspecified atom stereocenters. The van der Waals surface area contributed by atoms with E-state index >= 15 is 0 Å². The zero-order valence-corrected chi connectivity index (χ0v) is 15.5. The highest BCUT2D eigenvalue weighted by atomic mass is 16.5. The van der Waals surface area contributed by atoms with E-state index in [2.05, 4.69) is 71.1 Å². The maximum atomic E-state index is 6.10. The fourth-order valence-electron chi connectivity index (χ4n) is 3.55. The minimum atomic E-state index is 0.119. The second kappa shape index (κ2) is 7.03. The highest BCUT2D eigenvalue weighted by molar-refractivity contribution is 5.47. The summed E-state index contributed by atoms with van der Waals surface area (Å²) in [4.78, 5) is 11.4. The Kier molecular flexibility index (Phi) is 4.59. The average molecular weight is 351 g/mol. The molecule has 2 atom stereocenters. The van der Waals surface area contributed by atoms with Crippen LogP contribution in [0.4, 0.5) is 0 Å². The molecule has 136 valence electrons. The summed E-state index contributed by atoms with van der Waals surface area (Å²) < 4.78 is 7.81. The Bertz CT molecular complexity index is 876. The van der Waals surface area contributed by atoms with Gasteiger partial charge in [0.1, 0.15) is 12.4 Å². The van der Waals surface area contributed by atoms with Crippen LogP contribution in [-0.2, 0) is 0 Å². The number of likely N-dealkylation sites (tertiary alicyclic amines) is 1. The molecule has 0 spiro atoms. The van der Waals surface area contributed by atoms with E-state index in [0.717, 1.165) is 30.7 Å². The summed E-state index contributed by atoms with van der Waals surface area (Å²) in [6, 6.07) is 11.4. The Balaban J connectivity index is 1.45. The van der Waals surface area contributed by atoms with Gasteiger partial charge in [-0.05, 0) is 24.8 Å². The van der Waals surface area contributed by atoms with Gasteiger partial charge in [-0.25, -0.2) is 4.52 Å². The van der Waals surface area contributed by atoms with E-state index in [1.54, 1.807) is 10.8 Å². The SMILES string of the molecule is CC(C)c1cnn2cnc(OC3CCN([C@@H](C)c4ccccc4)C3)nc12. The smallest absolute Gasteiger partial charge is 0.320 e. The number of fused-ring (bicyclic) bond motifs is 1. The van der Waals surface area contributed by atoms with Crippen LogP contribution in [0.2, 0.25) is 0 Å². The molecule has 1 fully saturated rings. The maximum absolute atomic E-state index is 6.10. The molecular weight excluding hydrogens is 326 g/mol. The van der Waals surface area contributed by atoms with Crippen LogP contribution in [-0.4, -0.2) is 43.7 Å². The number of rotatable bonds is 5. The van der Waals surface area contributed by atoms with Crippen LogP contribution in [0.1, 0.15) is 50.3 Å². The van der Waals surface area contributed by atoms with Crippen molar-refractivity contribution < 1.29 is 4.74 Å². The van der Waals surface area contributed by atoms with Crippen molar-refractivity contribution in [3.63, 3.8) is 0 Å². The summed E-state index contributed by atoms with van der Waals surface area (Å²) in [5.74, 6) is 0.365. The monoisotopic (exact) mass is 351 g/mol. The van der Waals surface area contributed by atoms with Gasteiger partial charge in [-0.3, -0.25) is 4.90 Å². The predicted molar refractivity (Wildman–Crippen MR) is 100 cm³/mol. The molecule has 0 radical (unpaired) electrons. The molecule has 0 bridgehead atoms. The lowest BCUT2D eigenvalue weighted by Gasteiger charge is -2.24. The second-order valence-corrected chi connectivity index (χ2v) is 7.27. The maximum Gasteiger partial charge on any atom is 0.320 e. The first-order chi connectivity index (χ1) is 12.6. The summed E-state index contributed by atoms with van der Waals surface area (Å²) in [6.45, 7) is 8.44. The highest BCUT2D eigenvalue weighted by Crippen LogP contribution is 2.26. The Morgan fingerprint density at radius 1 is 1.15 bits per heavy atom. The van der Waals surface area contributed by atoms with Gasteiger partial charge in [0.2, 0.25) is 0 Å². The van der Waals surface area contributed by atoms with Crippen LogP contribution in [0.15, 0.2) is 42.9 Å². The van der Waals surface area contributed by atoms with Crippen LogP contribution in [0, 0.1) is 0 Å². The van der Waals surface area contributed by atoms with Crippen LogP contribution in [0.3, 0.4) is 0 Å². The molecule has 1 saturated heterocycles. The predicted octanol–water partition coefficient (Wildman–Crippen LogP) is 3.46. The number of hydrogen-bond acceptors (Lipinski definition) is 5. The number of benzene rings is 1. The summed E-state index contributed by atoms with van der Waals surface area (Å²) in [7, 11) is 0. The van der Waals surface area contributed by atoms with Gasteiger partial charge in [-0.1, -0.05) is 44.2 Å². The average Bonchev–Trinajstić information content (AvgIpc) is 3.28. The van der Waals surface area contributed by atoms with Crippen molar-refractivity contribution in [2.75, 3.05) is 13.1 Å². The van der Waals surface area contributed by atoms with Gasteiger partial charge in [0.05, 0.1) is 6.20 Å². The lowest BCUT2D eigenvalue weighted by atomic mass is 10.1. The summed E-state index contributed by atoms with van der Waals surface area (Å²) >= 11 is 0. The molecule has 26 heavy (non-hydrogen) atoms. The Hall–Kier alpha value is -2.47. The largest absolute Gasteiger partial charge is 0.459 e. The molecule has 3 aromatic rings. The van der Waals surface area contributed by atoms with Crippen molar-refractivity contribution in [3.8, 4) is 6.01 Å². The number of hydrogen-bond donors (Lipinski definition) is 0. The van der Waals surface area contributed by atoms with Crippen molar-refractivity contribution in [2.24, 2.45) is 0 Å². The van der Waals surface area contributed by atoms with E-state index in [-0.39, 0.29) is 6.10 Å². The molecule has 2 aromatic heterocycles. The molecule has 3 heterocycles. The quantitative estimate of drug-likeness (QED) is 0.704. The van der Waals surface area contributed by atoms with E-state index in [1.165, 1.54) is 5.56 Å². The Morgan fingerprint density at radius 2 is 1.96 bits per heavy atom. The van der Waals surface area contributed by atoms with Crippen molar-refractivity contribution >= 4 is 5.65 Å². The van der Waals surface area contributed by atoms with Gasteiger partial charge in [0.15, 0.2) is 5.65 Å². The van der Waals surface area contributed by atoms with E-state index in [9.17, 15) is 0 Å². The van der Waals surface area contributed by atoms with E-state index in [0.29, 0.717) is 18.0 Å². The lowest BCUT2D eigenvalue weighted by molar-refractivity contribution is 0.171. The summed E-state index contributed by atoms with van der Waals surface area (Å²) in [5.41, 5.74) is 3.28. The third-order valence-corrected chi connectivity index (χ3v) is 5.18. The van der Waals surface area contributed by atoms with E-state index < -0.39 is 0 Å². The van der Waals surface area contributed by atoms with Crippen molar-refractivity contribution in [1.82, 2.24) is 24.5 Å². The molecule has 1 aliphatic heterocycles. The van der Waals surface area contributed by atoms with Crippen LogP contribution in [0.25, 0.3) is 5.65 Å². The lowest BCUT2D eigenvalue weighted by Crippen LogP contribution is -2.28. The third kappa shape index (κ3) is 3.29. The van der Waals surface area contributed by atoms with Gasteiger partial charge in [-0.15, -0.1) is 0 Å². The van der Waals surface area contributed by atoms with E-state index in [1.807, 2.05) is 6.20 Å². The molecule has 6 heteroatoms. The molecule has 0 N–H and O–H groups in total. The van der Waals surface area contributed by atoms with Crippen LogP contribution < -0.4 is 4.74 Å². The van der Waals surface area contributed by atoms with Crippen molar-refractivity contribution in [2.45, 2.75) is 45.3 Å². The highest BCUT2D eigenvalue weighted by Gasteiger charge is 2.28. The minimum Gasteiger partial charge on any atom is -0.459 e. The van der Waals surface area contributed by atoms with Gasteiger partial charge in [-0.2, -0.15) is 15.1 Å². The molecule has 6 nitrogen and oxygen atoms in total. The third-order valence-electron chi connectivity index (χ3n) is 5.18. The molecule has 4 rings (SSSR count). The number of ether oxygens (including phenoxy) is 1. The fourth-order valence-corrected chi connectivity index (χ4v) is 3.55. The molecule has 0 amide bonds. The molecule has 0 aliphatic carbocycles. The number of nitrogens with zero attached hydrogens (tertiary/aromatic N) is 5. The zero-order chi connectivity index (χ0) is 18.1. The van der Waals surface area contributed by atoms with Crippen molar-refractivity contribution in [1.29, 1.82) is 0 Å². The first-order valence-corrected chi connectivity index (χ1v) is 9.27. The van der Waals surface area contributed by atoms with Crippen molar-refractivity contribution in [3.05, 3.63) is 54.0 Å². The summed E-state index contributed by atoms with van der Waals surface area (Å²) in [6.07, 6.45) is 4.65. The Labute approximate surface area is 153 Å². The second-order valence-electron chi connectivity index (χ2n) is 7.27. The van der Waals surface area contributed by atoms with Crippen LogP contribution >= 0.6 is 0 Å².